The van der Waals surface area contributed by atoms with Crippen molar-refractivity contribution in [3.8, 4) is 0 Å². The van der Waals surface area contributed by atoms with Gasteiger partial charge in [-0.25, -0.2) is 0 Å². The van der Waals surface area contributed by atoms with E-state index in [0.29, 0.717) is 6.61 Å². The van der Waals surface area contributed by atoms with Gasteiger partial charge in [0.1, 0.15) is 0 Å². The Labute approximate surface area is 197 Å². The van der Waals surface area contributed by atoms with Crippen molar-refractivity contribution < 1.29 is 19.0 Å². The van der Waals surface area contributed by atoms with E-state index in [0.717, 1.165) is 31.1 Å². The molecule has 182 valence electrons. The first-order chi connectivity index (χ1) is 14.8. The molecule has 0 bridgehead atoms. The van der Waals surface area contributed by atoms with Gasteiger partial charge < -0.3 is 0 Å². The van der Waals surface area contributed by atoms with E-state index in [2.05, 4.69) is 40.4 Å². The summed E-state index contributed by atoms with van der Waals surface area (Å²) in [4.78, 5) is 13.2. The van der Waals surface area contributed by atoms with Gasteiger partial charge in [0.05, 0.1) is 0 Å². The average Bonchev–Trinajstić information content (AvgIpc) is 2.76. The third kappa shape index (κ3) is 9.50. The molecular formula is C25H50O4SiSn. The fourth-order valence-electron chi connectivity index (χ4n) is 4.87. The summed E-state index contributed by atoms with van der Waals surface area (Å²) in [7, 11) is -0.363. The fourth-order valence-corrected chi connectivity index (χ4v) is 28.0. The Kier molecular flexibility index (Phi) is 14.2. The van der Waals surface area contributed by atoms with Crippen LogP contribution < -0.4 is 0 Å². The Morgan fingerprint density at radius 2 is 1.52 bits per heavy atom. The van der Waals surface area contributed by atoms with Crippen LogP contribution in [0, 0.1) is 0 Å². The van der Waals surface area contributed by atoms with Crippen molar-refractivity contribution in [3.05, 3.63) is 8.79 Å². The maximum atomic E-state index is 13.2. The molecule has 1 aliphatic heterocycles. The van der Waals surface area contributed by atoms with Gasteiger partial charge in [-0.15, -0.1) is 0 Å². The molecule has 1 aliphatic rings. The standard InChI is InChI=1S/C13H23O4Si.3C4H9.Sn/c1-15-13(14)11(18(2,3)4)8-10-17-12-7-5-6-9-16-12;3*1-3-4-2;/h12H,5-7,9-10H2,1-4H3;3*1,3-4H2,2H3;. The third-order valence-corrected chi connectivity index (χ3v) is 25.4. The van der Waals surface area contributed by atoms with Crippen LogP contribution in [0.1, 0.15) is 78.6 Å². The van der Waals surface area contributed by atoms with Crippen LogP contribution in [0.3, 0.4) is 0 Å². The molecule has 1 saturated heterocycles. The van der Waals surface area contributed by atoms with Crippen molar-refractivity contribution in [2.45, 2.75) is 118 Å². The quantitative estimate of drug-likeness (QED) is 0.120. The van der Waals surface area contributed by atoms with E-state index < -0.39 is 26.5 Å². The summed E-state index contributed by atoms with van der Waals surface area (Å²) in [6, 6.07) is 0. The summed E-state index contributed by atoms with van der Waals surface area (Å²) >= 11 is -2.87. The van der Waals surface area contributed by atoms with Gasteiger partial charge in [-0.3, -0.25) is 0 Å². The fraction of sp³-hybridized carbons (Fsp3) is 0.880. The van der Waals surface area contributed by atoms with E-state index in [1.807, 2.05) is 0 Å². The first kappa shape index (κ1) is 29.2. The molecule has 0 spiro atoms. The molecule has 6 heteroatoms. The maximum absolute atomic E-state index is 13.2. The number of rotatable bonds is 15. The van der Waals surface area contributed by atoms with E-state index >= 15 is 0 Å². The molecule has 0 amide bonds. The van der Waals surface area contributed by atoms with Crippen LogP contribution in [0.2, 0.25) is 33.0 Å². The van der Waals surface area contributed by atoms with E-state index in [-0.39, 0.29) is 12.3 Å². The van der Waals surface area contributed by atoms with Gasteiger partial charge in [-0.1, -0.05) is 0 Å². The zero-order valence-corrected chi connectivity index (χ0v) is 25.5. The van der Waals surface area contributed by atoms with Crippen LogP contribution in [-0.2, 0) is 19.0 Å². The van der Waals surface area contributed by atoms with Crippen LogP contribution in [0.5, 0.6) is 0 Å². The van der Waals surface area contributed by atoms with Gasteiger partial charge in [-0.2, -0.15) is 0 Å². The average molecular weight is 561 g/mol. The molecule has 1 fully saturated rings. The molecule has 0 aromatic heterocycles. The number of hydrogen-bond acceptors (Lipinski definition) is 4. The SMILES string of the molecule is CCC[CH2][Sn]([CH2]CCC)([CH2]CCC)/[C](COC1CCCCO1)=C(/C(=O)OC)[Si](C)(C)C. The van der Waals surface area contributed by atoms with E-state index in [4.69, 9.17) is 14.2 Å². The molecule has 1 rings (SSSR count). The summed E-state index contributed by atoms with van der Waals surface area (Å²) in [5, 5.41) is 1.05. The minimum atomic E-state index is -2.87. The Bertz CT molecular complexity index is 528. The summed E-state index contributed by atoms with van der Waals surface area (Å²) in [5.41, 5.74) is 0. The van der Waals surface area contributed by atoms with Crippen molar-refractivity contribution >= 4 is 32.4 Å². The number of esters is 1. The zero-order valence-electron chi connectivity index (χ0n) is 21.6. The summed E-state index contributed by atoms with van der Waals surface area (Å²) in [6.07, 6.45) is 10.6. The van der Waals surface area contributed by atoms with Crippen LogP contribution in [-0.4, -0.2) is 59.0 Å². The van der Waals surface area contributed by atoms with E-state index in [1.165, 1.54) is 55.4 Å². The second-order valence-electron chi connectivity index (χ2n) is 10.3. The number of hydrogen-bond donors (Lipinski definition) is 0. The molecule has 1 atom stereocenters. The Balaban J connectivity index is 3.54. The first-order valence-electron chi connectivity index (χ1n) is 12.8. The molecule has 31 heavy (non-hydrogen) atoms. The molecule has 0 saturated carbocycles. The molecule has 0 N–H and O–H groups in total. The minimum absolute atomic E-state index is 0.0899. The Hall–Kier alpha value is 0.146. The molecule has 1 unspecified atom stereocenters. The summed E-state index contributed by atoms with van der Waals surface area (Å²) in [6.45, 7) is 15.2. The van der Waals surface area contributed by atoms with E-state index in [1.54, 1.807) is 7.11 Å². The molecule has 0 aromatic carbocycles. The topological polar surface area (TPSA) is 44.8 Å². The van der Waals surface area contributed by atoms with Crippen molar-refractivity contribution in [2.75, 3.05) is 20.3 Å². The van der Waals surface area contributed by atoms with Crippen molar-refractivity contribution in [1.29, 1.82) is 0 Å². The number of unbranched alkanes of at least 4 members (excludes halogenated alkanes) is 3. The molecule has 0 aliphatic carbocycles. The molecule has 0 radical (unpaired) electrons. The molecule has 4 nitrogen and oxygen atoms in total. The number of methoxy groups -OCH3 is 1. The zero-order chi connectivity index (χ0) is 23.3. The number of ether oxygens (including phenoxy) is 3. The van der Waals surface area contributed by atoms with Crippen LogP contribution in [0.4, 0.5) is 0 Å². The normalized spacial score (nSPS) is 18.6. The summed E-state index contributed by atoms with van der Waals surface area (Å²) < 4.78 is 23.2. The van der Waals surface area contributed by atoms with Gasteiger partial charge in [0.2, 0.25) is 0 Å². The number of carbonyl (C=O) groups is 1. The third-order valence-electron chi connectivity index (χ3n) is 6.66. The predicted molar refractivity (Wildman–Crippen MR) is 137 cm³/mol. The van der Waals surface area contributed by atoms with Gasteiger partial charge in [-0.05, 0) is 0 Å². The van der Waals surface area contributed by atoms with Gasteiger partial charge >= 0.3 is 198 Å². The van der Waals surface area contributed by atoms with E-state index in [9.17, 15) is 4.79 Å². The van der Waals surface area contributed by atoms with Crippen LogP contribution >= 0.6 is 0 Å². The van der Waals surface area contributed by atoms with Gasteiger partial charge in [0, 0.05) is 0 Å². The second-order valence-corrected chi connectivity index (χ2v) is 28.6. The van der Waals surface area contributed by atoms with Gasteiger partial charge in [0.15, 0.2) is 0 Å². The first-order valence-corrected chi connectivity index (χ1v) is 23.8. The predicted octanol–water partition coefficient (Wildman–Crippen LogP) is 7.26. The molecule has 1 heterocycles. The Morgan fingerprint density at radius 3 is 1.90 bits per heavy atom. The summed E-state index contributed by atoms with van der Waals surface area (Å²) in [5.74, 6) is -0.0899. The van der Waals surface area contributed by atoms with Crippen LogP contribution in [0.15, 0.2) is 8.79 Å². The monoisotopic (exact) mass is 562 g/mol. The van der Waals surface area contributed by atoms with Gasteiger partial charge in [0.25, 0.3) is 0 Å². The molecule has 0 aromatic rings. The van der Waals surface area contributed by atoms with Crippen molar-refractivity contribution in [3.63, 3.8) is 0 Å². The van der Waals surface area contributed by atoms with Crippen molar-refractivity contribution in [1.82, 2.24) is 0 Å². The number of carbonyl (C=O) groups excluding carboxylic acids is 1. The second kappa shape index (κ2) is 15.1. The Morgan fingerprint density at radius 1 is 0.968 bits per heavy atom. The molecular weight excluding hydrogens is 511 g/mol. The van der Waals surface area contributed by atoms with Crippen LogP contribution in [0.25, 0.3) is 0 Å². The van der Waals surface area contributed by atoms with Crippen molar-refractivity contribution in [2.24, 2.45) is 0 Å².